The minimum Gasteiger partial charge on any atom is -0.497 e. The van der Waals surface area contributed by atoms with Gasteiger partial charge < -0.3 is 10.5 Å². The standard InChI is InChI=1S/C15H22FNO/c1-18-14-6-4-12(5-7-14)8-10-15(16)9-2-3-13(17)11-15/h4-7,13H,2-3,8-11,17H2,1H3. The summed E-state index contributed by atoms with van der Waals surface area (Å²) in [5, 5.41) is 0. The van der Waals surface area contributed by atoms with Crippen LogP contribution in [0.1, 0.15) is 37.7 Å². The number of methoxy groups -OCH3 is 1. The van der Waals surface area contributed by atoms with Crippen LogP contribution in [0.3, 0.4) is 0 Å². The van der Waals surface area contributed by atoms with Gasteiger partial charge in [0.25, 0.3) is 0 Å². The molecule has 0 radical (unpaired) electrons. The molecular weight excluding hydrogens is 229 g/mol. The van der Waals surface area contributed by atoms with Crippen molar-refractivity contribution in [1.82, 2.24) is 0 Å². The number of aryl methyl sites for hydroxylation is 1. The molecular formula is C15H22FNO. The third kappa shape index (κ3) is 3.45. The van der Waals surface area contributed by atoms with Gasteiger partial charge in [-0.05, 0) is 56.2 Å². The van der Waals surface area contributed by atoms with Gasteiger partial charge in [-0.25, -0.2) is 4.39 Å². The molecule has 0 bridgehead atoms. The van der Waals surface area contributed by atoms with E-state index >= 15 is 0 Å². The molecule has 1 saturated carbocycles. The Morgan fingerprint density at radius 2 is 2.11 bits per heavy atom. The topological polar surface area (TPSA) is 35.2 Å². The Morgan fingerprint density at radius 1 is 1.39 bits per heavy atom. The molecule has 1 aromatic carbocycles. The van der Waals surface area contributed by atoms with E-state index in [1.165, 1.54) is 0 Å². The fourth-order valence-electron chi connectivity index (χ4n) is 2.74. The maximum Gasteiger partial charge on any atom is 0.118 e. The number of hydrogen-bond donors (Lipinski definition) is 1. The van der Waals surface area contributed by atoms with E-state index in [9.17, 15) is 4.39 Å². The minimum absolute atomic E-state index is 0.0413. The summed E-state index contributed by atoms with van der Waals surface area (Å²) < 4.78 is 19.7. The van der Waals surface area contributed by atoms with Crippen LogP contribution < -0.4 is 10.5 Å². The predicted octanol–water partition coefficient (Wildman–Crippen LogP) is 3.24. The lowest BCUT2D eigenvalue weighted by Gasteiger charge is -2.33. The highest BCUT2D eigenvalue weighted by atomic mass is 19.1. The van der Waals surface area contributed by atoms with Crippen molar-refractivity contribution in [1.29, 1.82) is 0 Å². The molecule has 1 aliphatic rings. The van der Waals surface area contributed by atoms with Crippen molar-refractivity contribution < 1.29 is 9.13 Å². The van der Waals surface area contributed by atoms with E-state index in [0.717, 1.165) is 30.6 Å². The van der Waals surface area contributed by atoms with Gasteiger partial charge in [0.2, 0.25) is 0 Å². The lowest BCUT2D eigenvalue weighted by molar-refractivity contribution is 0.0865. The number of halogens is 1. The van der Waals surface area contributed by atoms with Gasteiger partial charge in [-0.15, -0.1) is 0 Å². The SMILES string of the molecule is COc1ccc(CCC2(F)CCCC(N)C2)cc1. The molecule has 100 valence electrons. The van der Waals surface area contributed by atoms with Crippen LogP contribution in [0, 0.1) is 0 Å². The molecule has 2 N–H and O–H groups in total. The molecule has 3 heteroatoms. The van der Waals surface area contributed by atoms with Crippen molar-refractivity contribution in [2.45, 2.75) is 50.2 Å². The zero-order valence-electron chi connectivity index (χ0n) is 11.0. The van der Waals surface area contributed by atoms with E-state index in [0.29, 0.717) is 19.3 Å². The van der Waals surface area contributed by atoms with E-state index in [2.05, 4.69) is 0 Å². The number of benzene rings is 1. The first-order valence-corrected chi connectivity index (χ1v) is 6.69. The molecule has 2 atom stereocenters. The Balaban J connectivity index is 1.89. The van der Waals surface area contributed by atoms with Crippen LogP contribution in [-0.2, 0) is 6.42 Å². The molecule has 1 fully saturated rings. The van der Waals surface area contributed by atoms with Crippen molar-refractivity contribution in [2.24, 2.45) is 5.73 Å². The maximum atomic E-state index is 14.5. The van der Waals surface area contributed by atoms with Crippen molar-refractivity contribution in [2.75, 3.05) is 7.11 Å². The molecule has 1 aromatic rings. The summed E-state index contributed by atoms with van der Waals surface area (Å²) in [5.41, 5.74) is 5.96. The first kappa shape index (κ1) is 13.3. The predicted molar refractivity (Wildman–Crippen MR) is 71.6 cm³/mol. The van der Waals surface area contributed by atoms with Gasteiger partial charge in [0.15, 0.2) is 0 Å². The second kappa shape index (κ2) is 5.70. The average molecular weight is 251 g/mol. The second-order valence-corrected chi connectivity index (χ2v) is 5.36. The highest BCUT2D eigenvalue weighted by Gasteiger charge is 2.34. The maximum absolute atomic E-state index is 14.5. The van der Waals surface area contributed by atoms with Crippen LogP contribution in [0.2, 0.25) is 0 Å². The van der Waals surface area contributed by atoms with Crippen molar-refractivity contribution in [3.05, 3.63) is 29.8 Å². The highest BCUT2D eigenvalue weighted by Crippen LogP contribution is 2.35. The monoisotopic (exact) mass is 251 g/mol. The lowest BCUT2D eigenvalue weighted by atomic mass is 9.80. The summed E-state index contributed by atoms with van der Waals surface area (Å²) >= 11 is 0. The number of rotatable bonds is 4. The molecule has 0 amide bonds. The van der Waals surface area contributed by atoms with Crippen LogP contribution in [0.5, 0.6) is 5.75 Å². The first-order valence-electron chi connectivity index (χ1n) is 6.69. The van der Waals surface area contributed by atoms with Crippen LogP contribution in [0.25, 0.3) is 0 Å². The largest absolute Gasteiger partial charge is 0.497 e. The summed E-state index contributed by atoms with van der Waals surface area (Å²) in [6.07, 6.45) is 4.41. The van der Waals surface area contributed by atoms with Gasteiger partial charge in [0, 0.05) is 6.04 Å². The molecule has 0 heterocycles. The molecule has 2 rings (SSSR count). The fraction of sp³-hybridized carbons (Fsp3) is 0.600. The molecule has 0 aromatic heterocycles. The fourth-order valence-corrected chi connectivity index (χ4v) is 2.74. The van der Waals surface area contributed by atoms with E-state index in [1.807, 2.05) is 24.3 Å². The molecule has 1 aliphatic carbocycles. The number of nitrogens with two attached hydrogens (primary N) is 1. The molecule has 0 spiro atoms. The molecule has 18 heavy (non-hydrogen) atoms. The van der Waals surface area contributed by atoms with Crippen LogP contribution in [0.4, 0.5) is 4.39 Å². The summed E-state index contributed by atoms with van der Waals surface area (Å²) in [6.45, 7) is 0. The van der Waals surface area contributed by atoms with E-state index in [1.54, 1.807) is 7.11 Å². The smallest absolute Gasteiger partial charge is 0.118 e. The summed E-state index contributed by atoms with van der Waals surface area (Å²) in [7, 11) is 1.65. The van der Waals surface area contributed by atoms with E-state index in [4.69, 9.17) is 10.5 Å². The van der Waals surface area contributed by atoms with Crippen molar-refractivity contribution in [3.63, 3.8) is 0 Å². The van der Waals surface area contributed by atoms with Crippen LogP contribution in [-0.4, -0.2) is 18.8 Å². The lowest BCUT2D eigenvalue weighted by Crippen LogP contribution is -2.38. The van der Waals surface area contributed by atoms with Gasteiger partial charge in [-0.3, -0.25) is 0 Å². The second-order valence-electron chi connectivity index (χ2n) is 5.36. The first-order chi connectivity index (χ1) is 8.61. The van der Waals surface area contributed by atoms with Gasteiger partial charge in [0.1, 0.15) is 11.4 Å². The number of hydrogen-bond acceptors (Lipinski definition) is 2. The zero-order chi connectivity index (χ0) is 13.0. The van der Waals surface area contributed by atoms with Crippen molar-refractivity contribution in [3.8, 4) is 5.75 Å². The third-order valence-electron chi connectivity index (χ3n) is 3.85. The van der Waals surface area contributed by atoms with Crippen molar-refractivity contribution >= 4 is 0 Å². The summed E-state index contributed by atoms with van der Waals surface area (Å²) in [5.74, 6) is 0.841. The normalized spacial score (nSPS) is 28.1. The Kier molecular flexibility index (Phi) is 4.23. The Bertz CT molecular complexity index is 379. The summed E-state index contributed by atoms with van der Waals surface area (Å²) in [6, 6.07) is 7.90. The molecule has 0 aliphatic heterocycles. The quantitative estimate of drug-likeness (QED) is 0.891. The number of alkyl halides is 1. The van der Waals surface area contributed by atoms with Gasteiger partial charge in [0.05, 0.1) is 7.11 Å². The van der Waals surface area contributed by atoms with Gasteiger partial charge in [-0.1, -0.05) is 12.1 Å². The van der Waals surface area contributed by atoms with Crippen LogP contribution in [0.15, 0.2) is 24.3 Å². The van der Waals surface area contributed by atoms with Gasteiger partial charge in [-0.2, -0.15) is 0 Å². The van der Waals surface area contributed by atoms with E-state index in [-0.39, 0.29) is 6.04 Å². The van der Waals surface area contributed by atoms with E-state index < -0.39 is 5.67 Å². The Labute approximate surface area is 108 Å². The summed E-state index contributed by atoms with van der Waals surface area (Å²) in [4.78, 5) is 0. The Morgan fingerprint density at radius 3 is 2.72 bits per heavy atom. The third-order valence-corrected chi connectivity index (χ3v) is 3.85. The highest BCUT2D eigenvalue weighted by molar-refractivity contribution is 5.27. The Hall–Kier alpha value is -1.09. The minimum atomic E-state index is -1.06. The average Bonchev–Trinajstić information content (AvgIpc) is 2.37. The van der Waals surface area contributed by atoms with Crippen LogP contribution >= 0.6 is 0 Å². The molecule has 2 unspecified atom stereocenters. The van der Waals surface area contributed by atoms with Gasteiger partial charge >= 0.3 is 0 Å². The zero-order valence-corrected chi connectivity index (χ0v) is 11.0. The number of ether oxygens (including phenoxy) is 1. The molecule has 0 saturated heterocycles. The molecule has 2 nitrogen and oxygen atoms in total.